The Morgan fingerprint density at radius 1 is 1.44 bits per heavy atom. The van der Waals surface area contributed by atoms with Gasteiger partial charge in [0.2, 0.25) is 0 Å². The molecule has 0 heterocycles. The number of methoxy groups -OCH3 is 1. The maximum atomic E-state index is 11.5. The maximum Gasteiger partial charge on any atom is 0.338 e. The number of esters is 1. The summed E-state index contributed by atoms with van der Waals surface area (Å²) >= 11 is 0. The van der Waals surface area contributed by atoms with E-state index in [-0.39, 0.29) is 5.97 Å². The highest BCUT2D eigenvalue weighted by Gasteiger charge is 2.09. The monoisotopic (exact) mass is 249 g/mol. The number of carbonyl (C=O) groups excluding carboxylic acids is 1. The van der Waals surface area contributed by atoms with Gasteiger partial charge in [-0.1, -0.05) is 24.8 Å². The molecule has 0 atom stereocenters. The minimum atomic E-state index is -0.303. The molecule has 0 saturated carbocycles. The number of benzene rings is 1. The molecule has 98 valence electrons. The van der Waals surface area contributed by atoms with Crippen molar-refractivity contribution in [2.45, 2.75) is 13.0 Å². The lowest BCUT2D eigenvalue weighted by Crippen LogP contribution is -2.18. The number of hydrogen-bond acceptors (Lipinski definition) is 4. The van der Waals surface area contributed by atoms with Crippen LogP contribution in [0.2, 0.25) is 0 Å². The molecule has 0 saturated heterocycles. The van der Waals surface area contributed by atoms with Crippen LogP contribution in [0.25, 0.3) is 0 Å². The highest BCUT2D eigenvalue weighted by Crippen LogP contribution is 2.09. The van der Waals surface area contributed by atoms with Crippen molar-refractivity contribution in [1.82, 2.24) is 5.32 Å². The normalized spacial score (nSPS) is 9.83. The van der Waals surface area contributed by atoms with Gasteiger partial charge in [0.1, 0.15) is 0 Å². The lowest BCUT2D eigenvalue weighted by molar-refractivity contribution is 0.0599. The van der Waals surface area contributed by atoms with Crippen molar-refractivity contribution in [3.05, 3.63) is 48.2 Å². The van der Waals surface area contributed by atoms with E-state index < -0.39 is 0 Å². The van der Waals surface area contributed by atoms with Crippen LogP contribution >= 0.6 is 0 Å². The van der Waals surface area contributed by atoms with Crippen molar-refractivity contribution >= 4 is 5.97 Å². The van der Waals surface area contributed by atoms with Crippen molar-refractivity contribution in [1.29, 1.82) is 0 Å². The van der Waals surface area contributed by atoms with Crippen molar-refractivity contribution in [3.8, 4) is 0 Å². The quantitative estimate of drug-likeness (QED) is 0.435. The fourth-order valence-corrected chi connectivity index (χ4v) is 1.57. The molecule has 4 heteroatoms. The topological polar surface area (TPSA) is 47.6 Å². The van der Waals surface area contributed by atoms with Crippen molar-refractivity contribution in [3.63, 3.8) is 0 Å². The molecule has 0 spiro atoms. The van der Waals surface area contributed by atoms with Crippen LogP contribution in [0, 0.1) is 0 Å². The largest absolute Gasteiger partial charge is 0.502 e. The van der Waals surface area contributed by atoms with Crippen molar-refractivity contribution in [2.24, 2.45) is 0 Å². The van der Waals surface area contributed by atoms with Crippen molar-refractivity contribution in [2.75, 3.05) is 20.3 Å². The molecule has 1 rings (SSSR count). The molecule has 0 aliphatic rings. The zero-order chi connectivity index (χ0) is 13.2. The van der Waals surface area contributed by atoms with Crippen LogP contribution in [0.3, 0.4) is 0 Å². The van der Waals surface area contributed by atoms with Gasteiger partial charge in [0.05, 0.1) is 25.5 Å². The van der Waals surface area contributed by atoms with Crippen LogP contribution in [0.4, 0.5) is 0 Å². The third kappa shape index (κ3) is 4.59. The summed E-state index contributed by atoms with van der Waals surface area (Å²) in [6.07, 6.45) is 2.33. The Kier molecular flexibility index (Phi) is 6.58. The van der Waals surface area contributed by atoms with Gasteiger partial charge in [-0.15, -0.1) is 0 Å². The molecule has 0 aliphatic carbocycles. The maximum absolute atomic E-state index is 11.5. The minimum absolute atomic E-state index is 0.303. The first kappa shape index (κ1) is 14.3. The standard InChI is InChI=1S/C14H19NO3/c1-3-18-10-6-9-15-11-12-7-4-5-8-13(12)14(16)17-2/h3-5,7-8,15H,1,6,9-11H2,2H3. The van der Waals surface area contributed by atoms with Crippen LogP contribution in [0.1, 0.15) is 22.3 Å². The van der Waals surface area contributed by atoms with Crippen LogP contribution in [-0.2, 0) is 16.0 Å². The van der Waals surface area contributed by atoms with Gasteiger partial charge in [-0.25, -0.2) is 4.79 Å². The van der Waals surface area contributed by atoms with Gasteiger partial charge >= 0.3 is 5.97 Å². The Hall–Kier alpha value is -1.81. The van der Waals surface area contributed by atoms with Crippen molar-refractivity contribution < 1.29 is 14.3 Å². The molecule has 0 aromatic heterocycles. The number of carbonyl (C=O) groups is 1. The first-order valence-electron chi connectivity index (χ1n) is 5.89. The van der Waals surface area contributed by atoms with E-state index in [1.165, 1.54) is 13.4 Å². The third-order valence-electron chi connectivity index (χ3n) is 2.47. The summed E-state index contributed by atoms with van der Waals surface area (Å²) in [7, 11) is 1.39. The molecule has 18 heavy (non-hydrogen) atoms. The molecule has 0 fully saturated rings. The molecular formula is C14H19NO3. The lowest BCUT2D eigenvalue weighted by atomic mass is 10.1. The van der Waals surface area contributed by atoms with E-state index in [1.807, 2.05) is 18.2 Å². The van der Waals surface area contributed by atoms with Gasteiger partial charge in [-0.05, 0) is 24.6 Å². The average molecular weight is 249 g/mol. The molecule has 1 aromatic carbocycles. The van der Waals surface area contributed by atoms with Gasteiger partial charge in [-0.3, -0.25) is 0 Å². The predicted molar refractivity (Wildman–Crippen MR) is 70.3 cm³/mol. The number of rotatable bonds is 8. The zero-order valence-electron chi connectivity index (χ0n) is 10.6. The molecule has 1 aromatic rings. The van der Waals surface area contributed by atoms with E-state index in [2.05, 4.69) is 11.9 Å². The van der Waals surface area contributed by atoms with Crippen LogP contribution < -0.4 is 5.32 Å². The molecule has 4 nitrogen and oxygen atoms in total. The Morgan fingerprint density at radius 3 is 2.94 bits per heavy atom. The molecule has 1 N–H and O–H groups in total. The fraction of sp³-hybridized carbons (Fsp3) is 0.357. The third-order valence-corrected chi connectivity index (χ3v) is 2.47. The second kappa shape index (κ2) is 8.31. The Balaban J connectivity index is 2.42. The molecule has 0 amide bonds. The summed E-state index contributed by atoms with van der Waals surface area (Å²) in [4.78, 5) is 11.5. The lowest BCUT2D eigenvalue weighted by Gasteiger charge is -2.09. The smallest absolute Gasteiger partial charge is 0.338 e. The Bertz CT molecular complexity index is 390. The summed E-state index contributed by atoms with van der Waals surface area (Å²) in [6.45, 7) is 5.58. The first-order chi connectivity index (χ1) is 8.79. The van der Waals surface area contributed by atoms with Crippen LogP contribution in [-0.4, -0.2) is 26.2 Å². The predicted octanol–water partition coefficient (Wildman–Crippen LogP) is 2.11. The zero-order valence-corrected chi connectivity index (χ0v) is 10.6. The van der Waals surface area contributed by atoms with Gasteiger partial charge in [-0.2, -0.15) is 0 Å². The first-order valence-corrected chi connectivity index (χ1v) is 5.89. The number of ether oxygens (including phenoxy) is 2. The second-order valence-corrected chi connectivity index (χ2v) is 3.72. The molecular weight excluding hydrogens is 230 g/mol. The molecule has 0 bridgehead atoms. The summed E-state index contributed by atoms with van der Waals surface area (Å²) in [5.41, 5.74) is 1.55. The highest BCUT2D eigenvalue weighted by atomic mass is 16.5. The number of nitrogens with one attached hydrogen (secondary N) is 1. The van der Waals surface area contributed by atoms with E-state index >= 15 is 0 Å². The molecule has 0 aliphatic heterocycles. The fourth-order valence-electron chi connectivity index (χ4n) is 1.57. The van der Waals surface area contributed by atoms with E-state index in [0.29, 0.717) is 18.7 Å². The minimum Gasteiger partial charge on any atom is -0.502 e. The van der Waals surface area contributed by atoms with Crippen LogP contribution in [0.5, 0.6) is 0 Å². The van der Waals surface area contributed by atoms with Gasteiger partial charge < -0.3 is 14.8 Å². The number of hydrogen-bond donors (Lipinski definition) is 1. The highest BCUT2D eigenvalue weighted by molar-refractivity contribution is 5.90. The van der Waals surface area contributed by atoms with E-state index in [9.17, 15) is 4.79 Å². The van der Waals surface area contributed by atoms with Gasteiger partial charge in [0.25, 0.3) is 0 Å². The molecule has 0 unspecified atom stereocenters. The Morgan fingerprint density at radius 2 is 2.22 bits per heavy atom. The Labute approximate surface area is 108 Å². The summed E-state index contributed by atoms with van der Waals surface area (Å²) in [5, 5.41) is 3.26. The van der Waals surface area contributed by atoms with E-state index in [0.717, 1.165) is 18.5 Å². The van der Waals surface area contributed by atoms with Crippen LogP contribution in [0.15, 0.2) is 37.1 Å². The average Bonchev–Trinajstić information content (AvgIpc) is 2.42. The van der Waals surface area contributed by atoms with Gasteiger partial charge in [0, 0.05) is 6.54 Å². The van der Waals surface area contributed by atoms with E-state index in [1.54, 1.807) is 6.07 Å². The SMILES string of the molecule is C=COCCCNCc1ccccc1C(=O)OC. The summed E-state index contributed by atoms with van der Waals surface area (Å²) < 4.78 is 9.75. The van der Waals surface area contributed by atoms with E-state index in [4.69, 9.17) is 9.47 Å². The second-order valence-electron chi connectivity index (χ2n) is 3.72. The molecule has 0 radical (unpaired) electrons. The van der Waals surface area contributed by atoms with Gasteiger partial charge in [0.15, 0.2) is 0 Å². The summed E-state index contributed by atoms with van der Waals surface area (Å²) in [5.74, 6) is -0.303. The summed E-state index contributed by atoms with van der Waals surface area (Å²) in [6, 6.07) is 7.42.